The Hall–Kier alpha value is -1.85. The summed E-state index contributed by atoms with van der Waals surface area (Å²) in [5.41, 5.74) is -0.294. The third-order valence-electron chi connectivity index (χ3n) is 6.95. The minimum Gasteiger partial charge on any atom is -0.342 e. The first kappa shape index (κ1) is 18.5. The molecule has 2 saturated heterocycles. The number of rotatable bonds is 5. The maximum absolute atomic E-state index is 13.3. The van der Waals surface area contributed by atoms with Gasteiger partial charge in [0.05, 0.1) is 5.41 Å². The Kier molecular flexibility index (Phi) is 5.24. The summed E-state index contributed by atoms with van der Waals surface area (Å²) in [5, 5.41) is 0. The van der Waals surface area contributed by atoms with Gasteiger partial charge in [-0.05, 0) is 45.4 Å². The molecule has 0 aromatic carbocycles. The molecule has 2 aliphatic heterocycles. The van der Waals surface area contributed by atoms with Crippen molar-refractivity contribution < 1.29 is 9.59 Å². The average molecular weight is 373 g/mol. The first-order valence-electron chi connectivity index (χ1n) is 10.7. The highest BCUT2D eigenvalue weighted by Gasteiger charge is 2.50. The summed E-state index contributed by atoms with van der Waals surface area (Å²) < 4.78 is 2.09. The Labute approximate surface area is 161 Å². The van der Waals surface area contributed by atoms with Crippen LogP contribution in [0.1, 0.15) is 63.6 Å². The van der Waals surface area contributed by atoms with E-state index in [1.54, 1.807) is 6.20 Å². The zero-order chi connectivity index (χ0) is 18.9. The van der Waals surface area contributed by atoms with Crippen LogP contribution in [0, 0.1) is 12.3 Å². The summed E-state index contributed by atoms with van der Waals surface area (Å²) in [6.07, 6.45) is 12.9. The first-order chi connectivity index (χ1) is 13.1. The summed E-state index contributed by atoms with van der Waals surface area (Å²) in [6, 6.07) is 0.456. The van der Waals surface area contributed by atoms with Crippen molar-refractivity contribution in [1.29, 1.82) is 0 Å². The highest BCUT2D eigenvalue weighted by atomic mass is 16.2. The molecule has 2 amide bonds. The Morgan fingerprint density at radius 3 is 2.78 bits per heavy atom. The summed E-state index contributed by atoms with van der Waals surface area (Å²) in [4.78, 5) is 34.3. The quantitative estimate of drug-likeness (QED) is 0.798. The largest absolute Gasteiger partial charge is 0.342 e. The number of aryl methyl sites for hydroxylation is 2. The molecule has 3 aliphatic rings. The summed E-state index contributed by atoms with van der Waals surface area (Å²) in [7, 11) is 0. The van der Waals surface area contributed by atoms with Gasteiger partial charge in [0, 0.05) is 51.0 Å². The van der Waals surface area contributed by atoms with Gasteiger partial charge in [-0.1, -0.05) is 12.8 Å². The molecule has 1 spiro atoms. The van der Waals surface area contributed by atoms with Crippen molar-refractivity contribution in [2.45, 2.75) is 77.3 Å². The standard InChI is InChI=1S/C21H32N4O2/c1-17-22-11-15-23(17)12-4-8-19(26)24-14-10-21(16-24)9-5-13-25(20(21)27)18-6-2-3-7-18/h11,15,18H,2-10,12-14,16H2,1H3/t21-/m1/s1. The van der Waals surface area contributed by atoms with Crippen LogP contribution >= 0.6 is 0 Å². The third kappa shape index (κ3) is 3.63. The Morgan fingerprint density at radius 2 is 2.04 bits per heavy atom. The molecule has 3 heterocycles. The second-order valence-electron chi connectivity index (χ2n) is 8.66. The van der Waals surface area contributed by atoms with Crippen molar-refractivity contribution >= 4 is 11.8 Å². The van der Waals surface area contributed by atoms with Crippen molar-refractivity contribution in [3.63, 3.8) is 0 Å². The van der Waals surface area contributed by atoms with Crippen LogP contribution in [-0.4, -0.2) is 56.8 Å². The maximum Gasteiger partial charge on any atom is 0.230 e. The number of carbonyl (C=O) groups is 2. The van der Waals surface area contributed by atoms with E-state index in [1.165, 1.54) is 12.8 Å². The molecule has 3 fully saturated rings. The Bertz CT molecular complexity index is 694. The van der Waals surface area contributed by atoms with E-state index >= 15 is 0 Å². The molecule has 1 aliphatic carbocycles. The third-order valence-corrected chi connectivity index (χ3v) is 6.95. The molecule has 1 saturated carbocycles. The van der Waals surface area contributed by atoms with E-state index in [-0.39, 0.29) is 11.3 Å². The van der Waals surface area contributed by atoms with Crippen molar-refractivity contribution in [2.75, 3.05) is 19.6 Å². The van der Waals surface area contributed by atoms with Gasteiger partial charge < -0.3 is 14.4 Å². The fourth-order valence-electron chi connectivity index (χ4n) is 5.33. The highest BCUT2D eigenvalue weighted by molar-refractivity contribution is 5.86. The van der Waals surface area contributed by atoms with Crippen LogP contribution in [0.15, 0.2) is 12.4 Å². The number of imidazole rings is 1. The van der Waals surface area contributed by atoms with Crippen molar-refractivity contribution in [1.82, 2.24) is 19.4 Å². The van der Waals surface area contributed by atoms with E-state index in [9.17, 15) is 9.59 Å². The van der Waals surface area contributed by atoms with Crippen LogP contribution in [-0.2, 0) is 16.1 Å². The van der Waals surface area contributed by atoms with Crippen LogP contribution in [0.2, 0.25) is 0 Å². The predicted octanol–water partition coefficient (Wildman–Crippen LogP) is 2.76. The smallest absolute Gasteiger partial charge is 0.230 e. The summed E-state index contributed by atoms with van der Waals surface area (Å²) in [6.45, 7) is 5.11. The molecule has 1 atom stereocenters. The molecule has 0 N–H and O–H groups in total. The van der Waals surface area contributed by atoms with E-state index in [0.717, 1.165) is 64.0 Å². The van der Waals surface area contributed by atoms with Gasteiger partial charge in [0.25, 0.3) is 0 Å². The predicted molar refractivity (Wildman–Crippen MR) is 103 cm³/mol. The zero-order valence-corrected chi connectivity index (χ0v) is 16.5. The van der Waals surface area contributed by atoms with Crippen LogP contribution in [0.5, 0.6) is 0 Å². The van der Waals surface area contributed by atoms with Gasteiger partial charge in [-0.15, -0.1) is 0 Å². The zero-order valence-electron chi connectivity index (χ0n) is 16.5. The maximum atomic E-state index is 13.3. The topological polar surface area (TPSA) is 58.4 Å². The molecular weight excluding hydrogens is 340 g/mol. The number of hydrogen-bond acceptors (Lipinski definition) is 3. The number of hydrogen-bond donors (Lipinski definition) is 0. The molecule has 27 heavy (non-hydrogen) atoms. The molecule has 0 unspecified atom stereocenters. The second-order valence-corrected chi connectivity index (χ2v) is 8.66. The van der Waals surface area contributed by atoms with Gasteiger partial charge >= 0.3 is 0 Å². The molecule has 1 aromatic heterocycles. The van der Waals surface area contributed by atoms with Crippen molar-refractivity contribution in [2.24, 2.45) is 5.41 Å². The molecule has 0 radical (unpaired) electrons. The first-order valence-corrected chi connectivity index (χ1v) is 10.7. The van der Waals surface area contributed by atoms with Crippen LogP contribution in [0.4, 0.5) is 0 Å². The van der Waals surface area contributed by atoms with Crippen molar-refractivity contribution in [3.05, 3.63) is 18.2 Å². The molecule has 1 aromatic rings. The summed E-state index contributed by atoms with van der Waals surface area (Å²) >= 11 is 0. The van der Waals surface area contributed by atoms with Gasteiger partial charge in [-0.2, -0.15) is 0 Å². The lowest BCUT2D eigenvalue weighted by Crippen LogP contribution is -2.53. The highest BCUT2D eigenvalue weighted by Crippen LogP contribution is 2.42. The number of piperidine rings is 1. The lowest BCUT2D eigenvalue weighted by atomic mass is 9.77. The molecule has 0 bridgehead atoms. The van der Waals surface area contributed by atoms with Crippen molar-refractivity contribution in [3.8, 4) is 0 Å². The Morgan fingerprint density at radius 1 is 1.22 bits per heavy atom. The number of nitrogens with zero attached hydrogens (tertiary/aromatic N) is 4. The fourth-order valence-corrected chi connectivity index (χ4v) is 5.33. The van der Waals surface area contributed by atoms with E-state index in [0.29, 0.717) is 24.9 Å². The fraction of sp³-hybridized carbons (Fsp3) is 0.762. The SMILES string of the molecule is Cc1nccn1CCCC(=O)N1CC[C@]2(CCCN(C3CCCC3)C2=O)C1. The number of amides is 2. The van der Waals surface area contributed by atoms with E-state index in [2.05, 4.69) is 14.5 Å². The monoisotopic (exact) mass is 372 g/mol. The van der Waals surface area contributed by atoms with E-state index in [1.807, 2.05) is 18.0 Å². The molecule has 6 heteroatoms. The van der Waals surface area contributed by atoms with Gasteiger partial charge in [-0.3, -0.25) is 9.59 Å². The van der Waals surface area contributed by atoms with Gasteiger partial charge in [-0.25, -0.2) is 4.98 Å². The normalized spacial score (nSPS) is 26.5. The van der Waals surface area contributed by atoms with E-state index < -0.39 is 0 Å². The minimum atomic E-state index is -0.294. The molecule has 148 valence electrons. The molecule has 4 rings (SSSR count). The van der Waals surface area contributed by atoms with Gasteiger partial charge in [0.1, 0.15) is 5.82 Å². The van der Waals surface area contributed by atoms with Crippen LogP contribution < -0.4 is 0 Å². The lowest BCUT2D eigenvalue weighted by molar-refractivity contribution is -0.148. The number of aromatic nitrogens is 2. The van der Waals surface area contributed by atoms with Gasteiger partial charge in [0.15, 0.2) is 0 Å². The number of carbonyl (C=O) groups excluding carboxylic acids is 2. The van der Waals surface area contributed by atoms with Crippen LogP contribution in [0.3, 0.4) is 0 Å². The van der Waals surface area contributed by atoms with E-state index in [4.69, 9.17) is 0 Å². The lowest BCUT2D eigenvalue weighted by Gasteiger charge is -2.42. The minimum absolute atomic E-state index is 0.204. The summed E-state index contributed by atoms with van der Waals surface area (Å²) in [5.74, 6) is 1.53. The average Bonchev–Trinajstić information content (AvgIpc) is 3.40. The molecule has 6 nitrogen and oxygen atoms in total. The number of likely N-dealkylation sites (tertiary alicyclic amines) is 2. The molecular formula is C21H32N4O2. The Balaban J connectivity index is 1.32. The second kappa shape index (κ2) is 7.64. The van der Waals surface area contributed by atoms with Crippen LogP contribution in [0.25, 0.3) is 0 Å². The van der Waals surface area contributed by atoms with Gasteiger partial charge in [0.2, 0.25) is 11.8 Å².